The number of thiazole rings is 1. The summed E-state index contributed by atoms with van der Waals surface area (Å²) < 4.78 is 0. The molecule has 0 saturated carbocycles. The van der Waals surface area contributed by atoms with Crippen LogP contribution in [0.1, 0.15) is 43.9 Å². The lowest BCUT2D eigenvalue weighted by Crippen LogP contribution is -2.43. The van der Waals surface area contributed by atoms with Crippen molar-refractivity contribution in [2.45, 2.75) is 45.1 Å². The number of carbonyl (C=O) groups excluding carboxylic acids is 1. The van der Waals surface area contributed by atoms with E-state index >= 15 is 0 Å². The van der Waals surface area contributed by atoms with Crippen molar-refractivity contribution in [2.24, 2.45) is 5.73 Å². The van der Waals surface area contributed by atoms with Crippen molar-refractivity contribution in [3.63, 3.8) is 0 Å². The van der Waals surface area contributed by atoms with E-state index in [9.17, 15) is 9.59 Å². The minimum absolute atomic E-state index is 0.339. The van der Waals surface area contributed by atoms with E-state index in [4.69, 9.17) is 10.8 Å². The summed E-state index contributed by atoms with van der Waals surface area (Å²) in [6, 6.07) is -0.791. The van der Waals surface area contributed by atoms with Crippen LogP contribution in [0.25, 0.3) is 0 Å². The summed E-state index contributed by atoms with van der Waals surface area (Å²) in [5, 5.41) is 14.2. The van der Waals surface area contributed by atoms with Crippen molar-refractivity contribution in [2.75, 3.05) is 11.9 Å². The Labute approximate surface area is 127 Å². The quantitative estimate of drug-likeness (QED) is 0.547. The number of nitrogens with one attached hydrogen (secondary N) is 2. The maximum atomic E-state index is 12.1. The predicted octanol–water partition coefficient (Wildman–Crippen LogP) is 1.97. The number of amides is 2. The molecule has 0 aliphatic rings. The lowest BCUT2D eigenvalue weighted by atomic mass is 10.1. The van der Waals surface area contributed by atoms with Crippen LogP contribution < -0.4 is 16.4 Å². The molecule has 21 heavy (non-hydrogen) atoms. The molecule has 0 unspecified atom stereocenters. The van der Waals surface area contributed by atoms with E-state index in [2.05, 4.69) is 15.6 Å². The van der Waals surface area contributed by atoms with Gasteiger partial charge in [-0.15, -0.1) is 11.3 Å². The maximum absolute atomic E-state index is 12.1. The van der Waals surface area contributed by atoms with Crippen molar-refractivity contribution >= 4 is 28.5 Å². The highest BCUT2D eigenvalue weighted by Gasteiger charge is 2.21. The molecule has 0 bridgehead atoms. The fourth-order valence-electron chi connectivity index (χ4n) is 1.71. The molecule has 0 aromatic carbocycles. The Balaban J connectivity index is 2.63. The van der Waals surface area contributed by atoms with E-state index in [1.54, 1.807) is 6.20 Å². The van der Waals surface area contributed by atoms with Crippen LogP contribution in [0.2, 0.25) is 0 Å². The van der Waals surface area contributed by atoms with Gasteiger partial charge in [-0.2, -0.15) is 0 Å². The predicted molar refractivity (Wildman–Crippen MR) is 82.7 cm³/mol. The van der Waals surface area contributed by atoms with Gasteiger partial charge in [-0.3, -0.25) is 4.79 Å². The molecule has 5 N–H and O–H groups in total. The largest absolute Gasteiger partial charge is 0.465 e. The lowest BCUT2D eigenvalue weighted by molar-refractivity contribution is -0.118. The second kappa shape index (κ2) is 8.58. The van der Waals surface area contributed by atoms with Gasteiger partial charge < -0.3 is 21.5 Å². The monoisotopic (exact) mass is 314 g/mol. The fourth-order valence-corrected chi connectivity index (χ4v) is 2.54. The topological polar surface area (TPSA) is 117 Å². The van der Waals surface area contributed by atoms with E-state index in [1.165, 1.54) is 11.3 Å². The molecule has 0 radical (unpaired) electrons. The molecular formula is C13H22N4O3S. The Morgan fingerprint density at radius 1 is 1.43 bits per heavy atom. The van der Waals surface area contributed by atoms with Crippen LogP contribution in [-0.2, 0) is 4.79 Å². The molecule has 0 spiro atoms. The number of hydrogen-bond donors (Lipinski definition) is 4. The average molecular weight is 314 g/mol. The second-order valence-electron chi connectivity index (χ2n) is 5.00. The number of carboxylic acid groups (broad SMARTS) is 1. The Kier molecular flexibility index (Phi) is 7.10. The molecule has 1 atom stereocenters. The van der Waals surface area contributed by atoms with Crippen molar-refractivity contribution in [3.05, 3.63) is 11.1 Å². The zero-order valence-corrected chi connectivity index (χ0v) is 13.1. The van der Waals surface area contributed by atoms with Gasteiger partial charge in [0.25, 0.3) is 0 Å². The number of rotatable bonds is 8. The minimum Gasteiger partial charge on any atom is -0.465 e. The summed E-state index contributed by atoms with van der Waals surface area (Å²) in [5.41, 5.74) is 5.40. The minimum atomic E-state index is -1.22. The summed E-state index contributed by atoms with van der Waals surface area (Å²) in [7, 11) is 0. The first-order valence-corrected chi connectivity index (χ1v) is 7.71. The van der Waals surface area contributed by atoms with E-state index in [0.29, 0.717) is 30.4 Å². The number of anilines is 1. The highest BCUT2D eigenvalue weighted by atomic mass is 32.1. The van der Waals surface area contributed by atoms with Gasteiger partial charge in [-0.25, -0.2) is 9.78 Å². The molecule has 1 aromatic rings. The molecule has 8 heteroatoms. The number of nitrogens with zero attached hydrogens (tertiary/aromatic N) is 1. The SMILES string of the molecule is CC(C)c1cnc(NC(=O)[C@H](CCCCN)NC(=O)O)s1. The summed E-state index contributed by atoms with van der Waals surface area (Å²) >= 11 is 1.40. The molecular weight excluding hydrogens is 292 g/mol. The Bertz CT molecular complexity index is 476. The highest BCUT2D eigenvalue weighted by Crippen LogP contribution is 2.25. The third kappa shape index (κ3) is 6.09. The molecule has 0 aliphatic carbocycles. The summed E-state index contributed by atoms with van der Waals surface area (Å²) in [6.45, 7) is 4.60. The Morgan fingerprint density at radius 3 is 2.67 bits per heavy atom. The zero-order chi connectivity index (χ0) is 15.8. The van der Waals surface area contributed by atoms with Crippen molar-refractivity contribution in [1.29, 1.82) is 0 Å². The standard InChI is InChI=1S/C13H22N4O3S/c1-8(2)10-7-15-12(21-10)17-11(18)9(16-13(19)20)5-3-4-6-14/h7-9,16H,3-6,14H2,1-2H3,(H,19,20)(H,15,17,18)/t9-/m0/s1. The van der Waals surface area contributed by atoms with E-state index in [-0.39, 0.29) is 5.91 Å². The first-order valence-electron chi connectivity index (χ1n) is 6.90. The van der Waals surface area contributed by atoms with E-state index < -0.39 is 12.1 Å². The van der Waals surface area contributed by atoms with Crippen molar-refractivity contribution in [3.8, 4) is 0 Å². The van der Waals surface area contributed by atoms with Crippen LogP contribution in [0.5, 0.6) is 0 Å². The number of unbranched alkanes of at least 4 members (excludes halogenated alkanes) is 1. The smallest absolute Gasteiger partial charge is 0.405 e. The number of nitrogens with two attached hydrogens (primary N) is 1. The third-order valence-electron chi connectivity index (χ3n) is 2.88. The second-order valence-corrected chi connectivity index (χ2v) is 6.06. The van der Waals surface area contributed by atoms with Gasteiger partial charge in [0.15, 0.2) is 5.13 Å². The first kappa shape index (κ1) is 17.4. The highest BCUT2D eigenvalue weighted by molar-refractivity contribution is 7.15. The Morgan fingerprint density at radius 2 is 2.14 bits per heavy atom. The molecule has 0 aliphatic heterocycles. The fraction of sp³-hybridized carbons (Fsp3) is 0.615. The van der Waals surface area contributed by atoms with Crippen LogP contribution in [0, 0.1) is 0 Å². The van der Waals surface area contributed by atoms with Gasteiger partial charge in [0.05, 0.1) is 0 Å². The average Bonchev–Trinajstić information content (AvgIpc) is 2.86. The molecule has 2 amide bonds. The van der Waals surface area contributed by atoms with Crippen LogP contribution >= 0.6 is 11.3 Å². The molecule has 1 heterocycles. The molecule has 0 fully saturated rings. The van der Waals surface area contributed by atoms with Crippen LogP contribution in [0.15, 0.2) is 6.20 Å². The molecule has 1 rings (SSSR count). The number of aromatic nitrogens is 1. The zero-order valence-electron chi connectivity index (χ0n) is 12.3. The number of carbonyl (C=O) groups is 2. The summed E-state index contributed by atoms with van der Waals surface area (Å²) in [4.78, 5) is 28.1. The molecule has 0 saturated heterocycles. The molecule has 1 aromatic heterocycles. The van der Waals surface area contributed by atoms with E-state index in [0.717, 1.165) is 11.3 Å². The van der Waals surface area contributed by atoms with Gasteiger partial charge in [0.2, 0.25) is 5.91 Å². The van der Waals surface area contributed by atoms with Crippen LogP contribution in [-0.4, -0.2) is 34.7 Å². The Hall–Kier alpha value is -1.67. The first-order chi connectivity index (χ1) is 9.93. The number of hydrogen-bond acceptors (Lipinski definition) is 5. The van der Waals surface area contributed by atoms with Crippen LogP contribution in [0.4, 0.5) is 9.93 Å². The summed E-state index contributed by atoms with van der Waals surface area (Å²) in [6.07, 6.45) is 2.35. The van der Waals surface area contributed by atoms with Gasteiger partial charge >= 0.3 is 6.09 Å². The normalized spacial score (nSPS) is 12.2. The molecule has 7 nitrogen and oxygen atoms in total. The van der Waals surface area contributed by atoms with Crippen molar-refractivity contribution < 1.29 is 14.7 Å². The summed E-state index contributed by atoms with van der Waals surface area (Å²) in [5.74, 6) is -0.0512. The van der Waals surface area contributed by atoms with Crippen molar-refractivity contribution in [1.82, 2.24) is 10.3 Å². The van der Waals surface area contributed by atoms with Gasteiger partial charge in [-0.1, -0.05) is 13.8 Å². The molecule has 118 valence electrons. The third-order valence-corrected chi connectivity index (χ3v) is 4.10. The van der Waals surface area contributed by atoms with Gasteiger partial charge in [-0.05, 0) is 31.7 Å². The van der Waals surface area contributed by atoms with Gasteiger partial charge in [0, 0.05) is 11.1 Å². The van der Waals surface area contributed by atoms with Crippen LogP contribution in [0.3, 0.4) is 0 Å². The maximum Gasteiger partial charge on any atom is 0.405 e. The van der Waals surface area contributed by atoms with Gasteiger partial charge in [0.1, 0.15) is 6.04 Å². The van der Waals surface area contributed by atoms with E-state index in [1.807, 2.05) is 13.8 Å². The lowest BCUT2D eigenvalue weighted by Gasteiger charge is -2.15.